The maximum atomic E-state index is 10.3. The Bertz CT molecular complexity index is 818. The summed E-state index contributed by atoms with van der Waals surface area (Å²) < 4.78 is 2.13. The predicted octanol–water partition coefficient (Wildman–Crippen LogP) is 3.88. The molecule has 0 fully saturated rings. The monoisotopic (exact) mass is 281 g/mol. The fourth-order valence-corrected chi connectivity index (χ4v) is 2.66. The largest absolute Gasteiger partial charge is 0.505 e. The Kier molecular flexibility index (Phi) is 3.09. The van der Waals surface area contributed by atoms with Crippen molar-refractivity contribution < 1.29 is 5.11 Å². The van der Waals surface area contributed by atoms with Crippen molar-refractivity contribution in [1.29, 1.82) is 0 Å². The van der Waals surface area contributed by atoms with Crippen LogP contribution in [0, 0.1) is 6.92 Å². The Morgan fingerprint density at radius 1 is 1.19 bits per heavy atom. The van der Waals surface area contributed by atoms with Crippen LogP contribution in [0.15, 0.2) is 36.4 Å². The van der Waals surface area contributed by atoms with Gasteiger partial charge in [-0.2, -0.15) is 0 Å². The van der Waals surface area contributed by atoms with Gasteiger partial charge in [0.1, 0.15) is 11.6 Å². The summed E-state index contributed by atoms with van der Waals surface area (Å²) in [5.74, 6) is 0.835. The summed E-state index contributed by atoms with van der Waals surface area (Å²) in [6, 6.07) is 11.8. The van der Waals surface area contributed by atoms with Crippen molar-refractivity contribution in [3.63, 3.8) is 0 Å². The second kappa shape index (κ2) is 4.81. The summed E-state index contributed by atoms with van der Waals surface area (Å²) in [5, 5.41) is 10.3. The van der Waals surface area contributed by atoms with E-state index in [0.717, 1.165) is 16.9 Å². The van der Waals surface area contributed by atoms with E-state index in [1.165, 1.54) is 5.56 Å². The third-order valence-corrected chi connectivity index (χ3v) is 3.67. The fourth-order valence-electron chi connectivity index (χ4n) is 2.66. The molecule has 3 aromatic rings. The van der Waals surface area contributed by atoms with Gasteiger partial charge in [0.05, 0.1) is 22.3 Å². The molecule has 0 spiro atoms. The number of phenols is 1. The molecular formula is C17H19N3O. The lowest BCUT2D eigenvalue weighted by molar-refractivity contribution is 0.478. The van der Waals surface area contributed by atoms with Crippen molar-refractivity contribution in [2.45, 2.75) is 26.8 Å². The van der Waals surface area contributed by atoms with Gasteiger partial charge >= 0.3 is 0 Å². The number of aromatic nitrogens is 2. The Hall–Kier alpha value is -2.49. The maximum Gasteiger partial charge on any atom is 0.149 e. The number of benzene rings is 2. The first kappa shape index (κ1) is 13.5. The van der Waals surface area contributed by atoms with Crippen molar-refractivity contribution in [3.8, 4) is 17.1 Å². The van der Waals surface area contributed by atoms with Crippen molar-refractivity contribution in [3.05, 3.63) is 42.0 Å². The summed E-state index contributed by atoms with van der Waals surface area (Å²) in [6.45, 7) is 6.26. The molecular weight excluding hydrogens is 262 g/mol. The van der Waals surface area contributed by atoms with Crippen LogP contribution in [-0.4, -0.2) is 14.7 Å². The summed E-state index contributed by atoms with van der Waals surface area (Å²) in [7, 11) is 0. The molecule has 108 valence electrons. The third kappa shape index (κ3) is 2.13. The SMILES string of the molecule is Cc1ccc2c(c1)nc(-c1cccc(N)c1O)n2C(C)C. The average Bonchev–Trinajstić information content (AvgIpc) is 2.80. The van der Waals surface area contributed by atoms with Gasteiger partial charge in [-0.15, -0.1) is 0 Å². The highest BCUT2D eigenvalue weighted by molar-refractivity contribution is 5.84. The summed E-state index contributed by atoms with van der Waals surface area (Å²) >= 11 is 0. The van der Waals surface area contributed by atoms with Crippen LogP contribution in [-0.2, 0) is 0 Å². The van der Waals surface area contributed by atoms with Crippen molar-refractivity contribution in [2.75, 3.05) is 5.73 Å². The summed E-state index contributed by atoms with van der Waals surface area (Å²) in [4.78, 5) is 4.71. The standard InChI is InChI=1S/C17H19N3O/c1-10(2)20-15-8-7-11(3)9-14(15)19-17(20)12-5-4-6-13(18)16(12)21/h4-10,21H,18H2,1-3H3. The topological polar surface area (TPSA) is 64.1 Å². The van der Waals surface area contributed by atoms with E-state index in [4.69, 9.17) is 10.7 Å². The summed E-state index contributed by atoms with van der Waals surface area (Å²) in [6.07, 6.45) is 0. The van der Waals surface area contributed by atoms with Crippen LogP contribution >= 0.6 is 0 Å². The minimum absolute atomic E-state index is 0.0893. The van der Waals surface area contributed by atoms with Crippen LogP contribution in [0.2, 0.25) is 0 Å². The minimum atomic E-state index is 0.0893. The first-order chi connectivity index (χ1) is 9.99. The number of phenolic OH excluding ortho intramolecular Hbond substituents is 1. The van der Waals surface area contributed by atoms with Crippen molar-refractivity contribution in [2.24, 2.45) is 0 Å². The van der Waals surface area contributed by atoms with Gasteiger partial charge in [-0.1, -0.05) is 12.1 Å². The van der Waals surface area contributed by atoms with Gasteiger partial charge < -0.3 is 15.4 Å². The molecule has 0 radical (unpaired) electrons. The van der Waals surface area contributed by atoms with E-state index >= 15 is 0 Å². The molecule has 3 N–H and O–H groups in total. The number of aromatic hydroxyl groups is 1. The van der Waals surface area contributed by atoms with Crippen LogP contribution in [0.25, 0.3) is 22.4 Å². The average molecular weight is 281 g/mol. The zero-order valence-corrected chi connectivity index (χ0v) is 12.5. The second-order valence-corrected chi connectivity index (χ2v) is 5.63. The van der Waals surface area contributed by atoms with Gasteiger partial charge in [-0.3, -0.25) is 0 Å². The summed E-state index contributed by atoms with van der Waals surface area (Å²) in [5.41, 5.74) is 10.0. The Balaban J connectivity index is 2.36. The van der Waals surface area contributed by atoms with Crippen LogP contribution in [0.4, 0.5) is 5.69 Å². The van der Waals surface area contributed by atoms with Gasteiger partial charge in [0.25, 0.3) is 0 Å². The Morgan fingerprint density at radius 2 is 1.95 bits per heavy atom. The minimum Gasteiger partial charge on any atom is -0.505 e. The van der Waals surface area contributed by atoms with E-state index in [2.05, 4.69) is 36.6 Å². The molecule has 3 rings (SSSR count). The number of nitrogen functional groups attached to an aromatic ring is 1. The molecule has 2 aromatic carbocycles. The van der Waals surface area contributed by atoms with E-state index in [0.29, 0.717) is 11.3 Å². The van der Waals surface area contributed by atoms with Gasteiger partial charge in [0.15, 0.2) is 0 Å². The molecule has 0 atom stereocenters. The smallest absolute Gasteiger partial charge is 0.149 e. The molecule has 0 bridgehead atoms. The quantitative estimate of drug-likeness (QED) is 0.553. The number of aryl methyl sites for hydroxylation is 1. The lowest BCUT2D eigenvalue weighted by Crippen LogP contribution is -2.03. The van der Waals surface area contributed by atoms with Gasteiger partial charge in [-0.05, 0) is 50.6 Å². The van der Waals surface area contributed by atoms with E-state index < -0.39 is 0 Å². The number of nitrogens with two attached hydrogens (primary N) is 1. The van der Waals surface area contributed by atoms with E-state index in [1.54, 1.807) is 6.07 Å². The lowest BCUT2D eigenvalue weighted by Gasteiger charge is -2.14. The number of imidazole rings is 1. The number of hydrogen-bond donors (Lipinski definition) is 2. The number of anilines is 1. The highest BCUT2D eigenvalue weighted by Crippen LogP contribution is 2.36. The molecule has 0 saturated heterocycles. The second-order valence-electron chi connectivity index (χ2n) is 5.63. The molecule has 0 amide bonds. The molecule has 1 heterocycles. The Morgan fingerprint density at radius 3 is 2.67 bits per heavy atom. The molecule has 0 aliphatic carbocycles. The molecule has 4 nitrogen and oxygen atoms in total. The van der Waals surface area contributed by atoms with E-state index in [1.807, 2.05) is 19.1 Å². The first-order valence-electron chi connectivity index (χ1n) is 7.05. The van der Waals surface area contributed by atoms with Crippen LogP contribution < -0.4 is 5.73 Å². The lowest BCUT2D eigenvalue weighted by atomic mass is 10.1. The van der Waals surface area contributed by atoms with Gasteiger partial charge in [0, 0.05) is 6.04 Å². The molecule has 0 saturated carbocycles. The number of rotatable bonds is 2. The normalized spacial score (nSPS) is 11.4. The van der Waals surface area contributed by atoms with Gasteiger partial charge in [0.2, 0.25) is 0 Å². The number of para-hydroxylation sites is 1. The highest BCUT2D eigenvalue weighted by atomic mass is 16.3. The van der Waals surface area contributed by atoms with Crippen molar-refractivity contribution >= 4 is 16.7 Å². The molecule has 1 aromatic heterocycles. The predicted molar refractivity (Wildman–Crippen MR) is 86.4 cm³/mol. The third-order valence-electron chi connectivity index (χ3n) is 3.67. The molecule has 4 heteroatoms. The fraction of sp³-hybridized carbons (Fsp3) is 0.235. The van der Waals surface area contributed by atoms with E-state index in [9.17, 15) is 5.11 Å². The van der Waals surface area contributed by atoms with E-state index in [-0.39, 0.29) is 11.8 Å². The zero-order chi connectivity index (χ0) is 15.1. The number of fused-ring (bicyclic) bond motifs is 1. The number of hydrogen-bond acceptors (Lipinski definition) is 3. The van der Waals surface area contributed by atoms with Gasteiger partial charge in [-0.25, -0.2) is 4.98 Å². The highest BCUT2D eigenvalue weighted by Gasteiger charge is 2.18. The zero-order valence-electron chi connectivity index (χ0n) is 12.5. The molecule has 0 aliphatic heterocycles. The first-order valence-corrected chi connectivity index (χ1v) is 7.05. The molecule has 21 heavy (non-hydrogen) atoms. The van der Waals surface area contributed by atoms with Crippen molar-refractivity contribution in [1.82, 2.24) is 9.55 Å². The van der Waals surface area contributed by atoms with Crippen LogP contribution in [0.5, 0.6) is 5.75 Å². The molecule has 0 unspecified atom stereocenters. The maximum absolute atomic E-state index is 10.3. The Labute approximate surface area is 123 Å². The van der Waals surface area contributed by atoms with Crippen LogP contribution in [0.3, 0.4) is 0 Å². The number of nitrogens with zero attached hydrogens (tertiary/aromatic N) is 2. The molecule has 0 aliphatic rings. The van der Waals surface area contributed by atoms with Crippen LogP contribution in [0.1, 0.15) is 25.5 Å².